The molecule has 1 aliphatic carbocycles. The summed E-state index contributed by atoms with van der Waals surface area (Å²) >= 11 is 6.44. The highest BCUT2D eigenvalue weighted by Gasteiger charge is 2.39. The topological polar surface area (TPSA) is 102 Å². The van der Waals surface area contributed by atoms with E-state index in [0.717, 1.165) is 29.3 Å². The second kappa shape index (κ2) is 11.2. The Morgan fingerprint density at radius 2 is 2.00 bits per heavy atom. The van der Waals surface area contributed by atoms with Gasteiger partial charge in [0.2, 0.25) is 0 Å². The third kappa shape index (κ3) is 6.87. The number of carbonyl (C=O) groups excluding carboxylic acids is 3. The van der Waals surface area contributed by atoms with E-state index in [4.69, 9.17) is 21.1 Å². The molecule has 2 fully saturated rings. The van der Waals surface area contributed by atoms with Crippen LogP contribution in [0.25, 0.3) is 10.9 Å². The fourth-order valence-electron chi connectivity index (χ4n) is 4.37. The van der Waals surface area contributed by atoms with Crippen molar-refractivity contribution in [2.75, 3.05) is 33.4 Å². The number of amides is 3. The van der Waals surface area contributed by atoms with E-state index in [0.29, 0.717) is 31.2 Å². The first-order valence-electron chi connectivity index (χ1n) is 12.5. The number of hydrogen-bond acceptors (Lipinski definition) is 6. The van der Waals surface area contributed by atoms with Gasteiger partial charge in [0.1, 0.15) is 5.60 Å². The zero-order valence-electron chi connectivity index (χ0n) is 21.8. The SMILES string of the molecule is COC(=O)NCCn1cc(Cl)c2ccc(CN(C(=O)C3CN(C(=O)OC(C)(C)C)CCO3)C3CC3)cc21. The lowest BCUT2D eigenvalue weighted by atomic mass is 10.1. The van der Waals surface area contributed by atoms with Crippen LogP contribution < -0.4 is 5.32 Å². The van der Waals surface area contributed by atoms with Gasteiger partial charge in [-0.2, -0.15) is 0 Å². The van der Waals surface area contributed by atoms with Gasteiger partial charge in [0.15, 0.2) is 6.10 Å². The largest absolute Gasteiger partial charge is 0.453 e. The molecule has 1 aromatic carbocycles. The van der Waals surface area contributed by atoms with Gasteiger partial charge >= 0.3 is 12.2 Å². The molecule has 0 bridgehead atoms. The molecule has 1 unspecified atom stereocenters. The Bertz CT molecular complexity index is 1160. The molecule has 37 heavy (non-hydrogen) atoms. The number of hydrogen-bond donors (Lipinski definition) is 1. The molecule has 2 aliphatic rings. The van der Waals surface area contributed by atoms with Crippen LogP contribution in [0.4, 0.5) is 9.59 Å². The highest BCUT2D eigenvalue weighted by molar-refractivity contribution is 6.35. The molecule has 4 rings (SSSR count). The van der Waals surface area contributed by atoms with E-state index in [1.165, 1.54) is 7.11 Å². The summed E-state index contributed by atoms with van der Waals surface area (Å²) in [6.45, 7) is 7.63. The van der Waals surface area contributed by atoms with Crippen LogP contribution in [-0.4, -0.2) is 83.6 Å². The molecule has 1 saturated heterocycles. The van der Waals surface area contributed by atoms with Gasteiger partial charge in [-0.3, -0.25) is 4.79 Å². The number of carbonyl (C=O) groups is 3. The first-order valence-corrected chi connectivity index (χ1v) is 12.9. The van der Waals surface area contributed by atoms with Gasteiger partial charge in [-0.15, -0.1) is 0 Å². The van der Waals surface area contributed by atoms with Gasteiger partial charge < -0.3 is 33.9 Å². The molecule has 10 nitrogen and oxygen atoms in total. The summed E-state index contributed by atoms with van der Waals surface area (Å²) in [5, 5.41) is 4.19. The Morgan fingerprint density at radius 1 is 1.24 bits per heavy atom. The van der Waals surface area contributed by atoms with Crippen molar-refractivity contribution in [3.8, 4) is 0 Å². The number of alkyl carbamates (subject to hydrolysis) is 1. The molecule has 1 atom stereocenters. The second-order valence-corrected chi connectivity index (χ2v) is 10.8. The van der Waals surface area contributed by atoms with Crippen molar-refractivity contribution in [1.82, 2.24) is 19.7 Å². The minimum Gasteiger partial charge on any atom is -0.453 e. The van der Waals surface area contributed by atoms with Gasteiger partial charge in [0, 0.05) is 49.3 Å². The molecule has 1 saturated carbocycles. The number of benzene rings is 1. The summed E-state index contributed by atoms with van der Waals surface area (Å²) in [4.78, 5) is 40.9. The van der Waals surface area contributed by atoms with E-state index in [-0.39, 0.29) is 25.1 Å². The van der Waals surface area contributed by atoms with Gasteiger partial charge in [0.25, 0.3) is 5.91 Å². The third-order valence-corrected chi connectivity index (χ3v) is 6.62. The monoisotopic (exact) mass is 534 g/mol. The fourth-order valence-corrected chi connectivity index (χ4v) is 4.65. The summed E-state index contributed by atoms with van der Waals surface area (Å²) in [7, 11) is 1.32. The van der Waals surface area contributed by atoms with Crippen molar-refractivity contribution in [2.45, 2.75) is 64.4 Å². The maximum Gasteiger partial charge on any atom is 0.410 e. The smallest absolute Gasteiger partial charge is 0.410 e. The van der Waals surface area contributed by atoms with E-state index >= 15 is 0 Å². The minimum atomic E-state index is -0.728. The summed E-state index contributed by atoms with van der Waals surface area (Å²) in [5.74, 6) is -0.119. The van der Waals surface area contributed by atoms with E-state index < -0.39 is 23.9 Å². The molecule has 202 valence electrons. The Balaban J connectivity index is 1.46. The lowest BCUT2D eigenvalue weighted by Gasteiger charge is -2.36. The average molecular weight is 535 g/mol. The maximum absolute atomic E-state index is 13.5. The normalized spacial score (nSPS) is 18.0. The molecular weight excluding hydrogens is 500 g/mol. The second-order valence-electron chi connectivity index (χ2n) is 10.4. The van der Waals surface area contributed by atoms with Crippen LogP contribution in [0.15, 0.2) is 24.4 Å². The highest BCUT2D eigenvalue weighted by Crippen LogP contribution is 2.32. The number of methoxy groups -OCH3 is 1. The Kier molecular flexibility index (Phi) is 8.18. The average Bonchev–Trinajstić information content (AvgIpc) is 3.65. The number of nitrogens with one attached hydrogen (secondary N) is 1. The van der Waals surface area contributed by atoms with E-state index in [1.54, 1.807) is 4.90 Å². The van der Waals surface area contributed by atoms with Crippen LogP contribution >= 0.6 is 11.6 Å². The van der Waals surface area contributed by atoms with E-state index in [9.17, 15) is 14.4 Å². The first-order chi connectivity index (χ1) is 17.6. The number of ether oxygens (including phenoxy) is 3. The number of fused-ring (bicyclic) bond motifs is 1. The van der Waals surface area contributed by atoms with Crippen molar-refractivity contribution in [1.29, 1.82) is 0 Å². The Labute approximate surface area is 221 Å². The number of morpholine rings is 1. The summed E-state index contributed by atoms with van der Waals surface area (Å²) in [6.07, 6.45) is 2.07. The quantitative estimate of drug-likeness (QED) is 0.580. The van der Waals surface area contributed by atoms with Crippen LogP contribution in [0, 0.1) is 0 Å². The van der Waals surface area contributed by atoms with Crippen molar-refractivity contribution >= 4 is 40.6 Å². The number of rotatable bonds is 7. The third-order valence-electron chi connectivity index (χ3n) is 6.32. The van der Waals surface area contributed by atoms with Gasteiger partial charge in [-0.05, 0) is 45.2 Å². The molecule has 2 aromatic rings. The summed E-state index contributed by atoms with van der Waals surface area (Å²) < 4.78 is 17.9. The summed E-state index contributed by atoms with van der Waals surface area (Å²) in [5.41, 5.74) is 1.27. The van der Waals surface area contributed by atoms with Crippen LogP contribution in [0.3, 0.4) is 0 Å². The van der Waals surface area contributed by atoms with Crippen LogP contribution in [0.2, 0.25) is 5.02 Å². The molecule has 0 radical (unpaired) electrons. The number of nitrogens with zero attached hydrogens (tertiary/aromatic N) is 3. The first kappa shape index (κ1) is 27.1. The molecule has 11 heteroatoms. The van der Waals surface area contributed by atoms with Gasteiger partial charge in [-0.1, -0.05) is 23.7 Å². The predicted molar refractivity (Wildman–Crippen MR) is 138 cm³/mol. The van der Waals surface area contributed by atoms with E-state index in [1.807, 2.05) is 54.6 Å². The predicted octanol–water partition coefficient (Wildman–Crippen LogP) is 3.78. The minimum absolute atomic E-state index is 0.119. The lowest BCUT2D eigenvalue weighted by Crippen LogP contribution is -2.53. The maximum atomic E-state index is 13.5. The van der Waals surface area contributed by atoms with Crippen molar-refractivity contribution in [3.63, 3.8) is 0 Å². The van der Waals surface area contributed by atoms with Gasteiger partial charge in [-0.25, -0.2) is 9.59 Å². The zero-order valence-corrected chi connectivity index (χ0v) is 22.5. The zero-order chi connectivity index (χ0) is 26.7. The Hall–Kier alpha value is -2.98. The summed E-state index contributed by atoms with van der Waals surface area (Å²) in [6, 6.07) is 6.11. The van der Waals surface area contributed by atoms with Crippen LogP contribution in [-0.2, 0) is 32.1 Å². The lowest BCUT2D eigenvalue weighted by molar-refractivity contribution is -0.150. The number of halogens is 1. The highest BCUT2D eigenvalue weighted by atomic mass is 35.5. The van der Waals surface area contributed by atoms with Crippen molar-refractivity contribution in [3.05, 3.63) is 35.0 Å². The molecular formula is C26H35ClN4O6. The number of aromatic nitrogens is 1. The standard InChI is InChI=1S/C26H35ClN4O6/c1-26(2,3)37-25(34)30-11-12-36-22(16-30)23(32)31(18-6-7-18)14-17-5-8-19-20(27)15-29(21(19)13-17)10-9-28-24(33)35-4/h5,8,13,15,18,22H,6-7,9-12,14,16H2,1-4H3,(H,28,33). The molecule has 0 spiro atoms. The van der Waals surface area contributed by atoms with Crippen LogP contribution in [0.5, 0.6) is 0 Å². The van der Waals surface area contributed by atoms with Gasteiger partial charge in [0.05, 0.1) is 25.3 Å². The molecule has 1 aliphatic heterocycles. The molecule has 2 heterocycles. The molecule has 1 N–H and O–H groups in total. The van der Waals surface area contributed by atoms with Crippen molar-refractivity contribution in [2.24, 2.45) is 0 Å². The van der Waals surface area contributed by atoms with E-state index in [2.05, 4.69) is 10.1 Å². The molecule has 3 amide bonds. The van der Waals surface area contributed by atoms with Crippen molar-refractivity contribution < 1.29 is 28.6 Å². The van der Waals surface area contributed by atoms with Crippen LogP contribution in [0.1, 0.15) is 39.2 Å². The molecule has 1 aromatic heterocycles. The fraction of sp³-hybridized carbons (Fsp3) is 0.577. The Morgan fingerprint density at radius 3 is 2.68 bits per heavy atom.